The maximum Gasteiger partial charge on any atom is 0.150 e. The number of anilines is 2. The zero-order chi connectivity index (χ0) is 19.8. The molecule has 2 fully saturated rings. The molecule has 2 aromatic heterocycles. The van der Waals surface area contributed by atoms with E-state index in [2.05, 4.69) is 42.9 Å². The first kappa shape index (κ1) is 18.0. The molecule has 3 aromatic rings. The molecule has 0 bridgehead atoms. The van der Waals surface area contributed by atoms with Crippen LogP contribution in [0, 0.1) is 0 Å². The largest absolute Gasteiger partial charge is 0.355 e. The number of para-hydroxylation sites is 1. The molecule has 1 aromatic carbocycles. The van der Waals surface area contributed by atoms with Crippen molar-refractivity contribution in [2.24, 2.45) is 0 Å². The number of likely N-dealkylation sites (N-methyl/N-ethyl adjacent to an activating group) is 1. The Labute approximate surface area is 170 Å². The van der Waals surface area contributed by atoms with Crippen molar-refractivity contribution in [2.45, 2.75) is 12.0 Å². The lowest BCUT2D eigenvalue weighted by Crippen LogP contribution is -2.53. The number of nitrogens with zero attached hydrogens (tertiary/aromatic N) is 6. The molecule has 2 aliphatic heterocycles. The summed E-state index contributed by atoms with van der Waals surface area (Å²) in [6.45, 7) is 4.12. The summed E-state index contributed by atoms with van der Waals surface area (Å²) in [6.07, 6.45) is 4.54. The quantitative estimate of drug-likeness (QED) is 0.633. The van der Waals surface area contributed by atoms with Gasteiger partial charge in [-0.25, -0.2) is 9.97 Å². The van der Waals surface area contributed by atoms with Crippen molar-refractivity contribution in [2.75, 3.05) is 49.6 Å². The van der Waals surface area contributed by atoms with Crippen molar-refractivity contribution in [1.29, 1.82) is 0 Å². The fourth-order valence-electron chi connectivity index (χ4n) is 4.18. The third-order valence-electron chi connectivity index (χ3n) is 6.04. The standard InChI is InChI=1S/C22H24N6O/c1-26-10-11-27(14-18(26)15-29)22-21(23-8-9-24-22)17-12-28(13-17)20-7-6-16-4-2-3-5-19(16)25-20/h2-9,15,17-18H,10-14H2,1H3. The topological polar surface area (TPSA) is 65.5 Å². The monoisotopic (exact) mass is 388 g/mol. The SMILES string of the molecule is CN1CCN(c2nccnc2C2CN(c3ccc4ccccc4n3)C2)CC1C=O. The number of aromatic nitrogens is 3. The number of rotatable bonds is 4. The molecule has 7 nitrogen and oxygen atoms in total. The lowest BCUT2D eigenvalue weighted by molar-refractivity contribution is -0.112. The fraction of sp³-hybridized carbons (Fsp3) is 0.364. The minimum atomic E-state index is -0.0988. The summed E-state index contributed by atoms with van der Waals surface area (Å²) in [4.78, 5) is 32.1. The van der Waals surface area contributed by atoms with E-state index in [0.717, 1.165) is 60.7 Å². The molecule has 2 aliphatic rings. The van der Waals surface area contributed by atoms with Crippen molar-refractivity contribution >= 4 is 28.8 Å². The summed E-state index contributed by atoms with van der Waals surface area (Å²) < 4.78 is 0. The van der Waals surface area contributed by atoms with Crippen molar-refractivity contribution < 1.29 is 4.79 Å². The molecule has 1 atom stereocenters. The second kappa shape index (κ2) is 7.40. The van der Waals surface area contributed by atoms with Crippen LogP contribution in [0.5, 0.6) is 0 Å². The summed E-state index contributed by atoms with van der Waals surface area (Å²) in [5.74, 6) is 2.25. The molecule has 4 heterocycles. The minimum Gasteiger partial charge on any atom is -0.355 e. The van der Waals surface area contributed by atoms with Gasteiger partial charge in [-0.3, -0.25) is 9.88 Å². The Morgan fingerprint density at radius 1 is 0.966 bits per heavy atom. The van der Waals surface area contributed by atoms with Crippen LogP contribution in [0.3, 0.4) is 0 Å². The van der Waals surface area contributed by atoms with Gasteiger partial charge >= 0.3 is 0 Å². The molecular formula is C22H24N6O. The highest BCUT2D eigenvalue weighted by molar-refractivity contribution is 5.80. The maximum absolute atomic E-state index is 11.4. The Morgan fingerprint density at radius 2 is 1.79 bits per heavy atom. The Morgan fingerprint density at radius 3 is 2.66 bits per heavy atom. The molecule has 0 aliphatic carbocycles. The van der Waals surface area contributed by atoms with Crippen molar-refractivity contribution in [3.05, 3.63) is 54.5 Å². The van der Waals surface area contributed by atoms with Crippen LogP contribution in [0.4, 0.5) is 11.6 Å². The number of hydrogen-bond donors (Lipinski definition) is 0. The van der Waals surface area contributed by atoms with E-state index < -0.39 is 0 Å². The van der Waals surface area contributed by atoms with Crippen molar-refractivity contribution in [1.82, 2.24) is 19.9 Å². The number of piperazine rings is 1. The molecule has 29 heavy (non-hydrogen) atoms. The summed E-state index contributed by atoms with van der Waals surface area (Å²) in [6, 6.07) is 12.3. The number of carbonyl (C=O) groups excluding carboxylic acids is 1. The summed E-state index contributed by atoms with van der Waals surface area (Å²) in [5.41, 5.74) is 2.05. The zero-order valence-corrected chi connectivity index (χ0v) is 16.5. The highest BCUT2D eigenvalue weighted by Gasteiger charge is 2.35. The third kappa shape index (κ3) is 3.31. The number of fused-ring (bicyclic) bond motifs is 1. The highest BCUT2D eigenvalue weighted by atomic mass is 16.1. The predicted octanol–water partition coefficient (Wildman–Crippen LogP) is 1.95. The van der Waals surface area contributed by atoms with Crippen LogP contribution in [-0.2, 0) is 4.79 Å². The molecule has 7 heteroatoms. The third-order valence-corrected chi connectivity index (χ3v) is 6.04. The molecule has 0 spiro atoms. The van der Waals surface area contributed by atoms with Gasteiger partial charge in [0.2, 0.25) is 0 Å². The van der Waals surface area contributed by atoms with Crippen LogP contribution in [0.25, 0.3) is 10.9 Å². The lowest BCUT2D eigenvalue weighted by Gasteiger charge is -2.42. The van der Waals surface area contributed by atoms with E-state index in [0.29, 0.717) is 12.5 Å². The number of benzene rings is 1. The second-order valence-electron chi connectivity index (χ2n) is 7.86. The minimum absolute atomic E-state index is 0.0988. The van der Waals surface area contributed by atoms with Gasteiger partial charge in [-0.1, -0.05) is 18.2 Å². The molecule has 2 saturated heterocycles. The predicted molar refractivity (Wildman–Crippen MR) is 113 cm³/mol. The van der Waals surface area contributed by atoms with Crippen molar-refractivity contribution in [3.63, 3.8) is 0 Å². The normalized spacial score (nSPS) is 20.7. The summed E-state index contributed by atoms with van der Waals surface area (Å²) in [7, 11) is 1.99. The molecule has 0 amide bonds. The summed E-state index contributed by atoms with van der Waals surface area (Å²) >= 11 is 0. The van der Waals surface area contributed by atoms with Gasteiger partial charge in [0.05, 0.1) is 17.3 Å². The van der Waals surface area contributed by atoms with Crippen LogP contribution in [-0.4, -0.2) is 72.0 Å². The molecule has 5 rings (SSSR count). The van der Waals surface area contributed by atoms with Gasteiger partial charge in [0.25, 0.3) is 0 Å². The van der Waals surface area contributed by atoms with Gasteiger partial charge in [0.1, 0.15) is 12.1 Å². The van der Waals surface area contributed by atoms with E-state index in [-0.39, 0.29) is 6.04 Å². The number of carbonyl (C=O) groups is 1. The van der Waals surface area contributed by atoms with Gasteiger partial charge < -0.3 is 14.6 Å². The Hall–Kier alpha value is -3.06. The van der Waals surface area contributed by atoms with Gasteiger partial charge in [0.15, 0.2) is 5.82 Å². The first-order valence-electron chi connectivity index (χ1n) is 10.0. The number of pyridine rings is 1. The van der Waals surface area contributed by atoms with Crippen molar-refractivity contribution in [3.8, 4) is 0 Å². The molecule has 0 radical (unpaired) electrons. The Kier molecular flexibility index (Phi) is 4.60. The number of hydrogen-bond acceptors (Lipinski definition) is 7. The maximum atomic E-state index is 11.4. The lowest BCUT2D eigenvalue weighted by atomic mass is 9.95. The van der Waals surface area contributed by atoms with Gasteiger partial charge in [-0.15, -0.1) is 0 Å². The van der Waals surface area contributed by atoms with Crippen LogP contribution in [0.15, 0.2) is 48.8 Å². The van der Waals surface area contributed by atoms with E-state index in [1.54, 1.807) is 12.4 Å². The molecule has 0 saturated carbocycles. The van der Waals surface area contributed by atoms with E-state index >= 15 is 0 Å². The van der Waals surface area contributed by atoms with E-state index in [4.69, 9.17) is 4.98 Å². The molecule has 148 valence electrons. The van der Waals surface area contributed by atoms with Gasteiger partial charge in [-0.2, -0.15) is 0 Å². The first-order chi connectivity index (χ1) is 14.2. The van der Waals surface area contributed by atoms with Crippen LogP contribution >= 0.6 is 0 Å². The van der Waals surface area contributed by atoms with Crippen LogP contribution < -0.4 is 9.80 Å². The van der Waals surface area contributed by atoms with E-state index in [1.165, 1.54) is 0 Å². The van der Waals surface area contributed by atoms with Gasteiger partial charge in [-0.05, 0) is 25.2 Å². The fourth-order valence-corrected chi connectivity index (χ4v) is 4.18. The molecular weight excluding hydrogens is 364 g/mol. The van der Waals surface area contributed by atoms with Gasteiger partial charge in [0, 0.05) is 56.4 Å². The summed E-state index contributed by atoms with van der Waals surface area (Å²) in [5, 5.41) is 1.16. The first-order valence-corrected chi connectivity index (χ1v) is 10.0. The smallest absolute Gasteiger partial charge is 0.150 e. The van der Waals surface area contributed by atoms with Crippen LogP contribution in [0.2, 0.25) is 0 Å². The Bertz CT molecular complexity index is 1030. The Balaban J connectivity index is 1.33. The average molecular weight is 388 g/mol. The van der Waals surface area contributed by atoms with E-state index in [1.807, 2.05) is 25.2 Å². The van der Waals surface area contributed by atoms with E-state index in [9.17, 15) is 4.79 Å². The number of aldehydes is 1. The average Bonchev–Trinajstić information content (AvgIpc) is 2.73. The van der Waals surface area contributed by atoms with Crippen LogP contribution in [0.1, 0.15) is 11.6 Å². The second-order valence-corrected chi connectivity index (χ2v) is 7.86. The molecule has 0 N–H and O–H groups in total. The highest BCUT2D eigenvalue weighted by Crippen LogP contribution is 2.34. The zero-order valence-electron chi connectivity index (χ0n) is 16.5. The molecule has 1 unspecified atom stereocenters.